The first-order valence-electron chi connectivity index (χ1n) is 6.82. The van der Waals surface area contributed by atoms with Crippen LogP contribution in [0.5, 0.6) is 5.88 Å². The predicted molar refractivity (Wildman–Crippen MR) is 95.3 cm³/mol. The number of hydrogen-bond donors (Lipinski definition) is 1. The fraction of sp³-hybridized carbons (Fsp3) is 0.188. The molecule has 7 heteroatoms. The lowest BCUT2D eigenvalue weighted by atomic mass is 10.0. The molecule has 120 valence electrons. The molecule has 6 nitrogen and oxygen atoms in total. The molecule has 0 saturated heterocycles. The summed E-state index contributed by atoms with van der Waals surface area (Å²) in [4.78, 5) is 21.0. The van der Waals surface area contributed by atoms with Crippen LogP contribution in [0.2, 0.25) is 0 Å². The molecule has 0 aliphatic rings. The van der Waals surface area contributed by atoms with E-state index < -0.39 is 0 Å². The van der Waals surface area contributed by atoms with Crippen molar-refractivity contribution in [1.82, 2.24) is 10.3 Å². The largest absolute Gasteiger partial charge is 0.472 e. The van der Waals surface area contributed by atoms with Crippen molar-refractivity contribution in [3.8, 4) is 5.88 Å². The van der Waals surface area contributed by atoms with Gasteiger partial charge in [-0.15, -0.1) is 0 Å². The van der Waals surface area contributed by atoms with Gasteiger partial charge in [-0.25, -0.2) is 4.98 Å². The van der Waals surface area contributed by atoms with E-state index in [-0.39, 0.29) is 18.2 Å². The fourth-order valence-electron chi connectivity index (χ4n) is 1.92. The van der Waals surface area contributed by atoms with Crippen LogP contribution in [0.25, 0.3) is 0 Å². The Labute approximate surface area is 148 Å². The summed E-state index contributed by atoms with van der Waals surface area (Å²) in [6.07, 6.45) is 1.67. The molecule has 0 radical (unpaired) electrons. The lowest BCUT2D eigenvalue weighted by Crippen LogP contribution is -2.29. The Hall–Kier alpha value is -2.16. The van der Waals surface area contributed by atoms with E-state index in [0.717, 1.165) is 9.13 Å². The van der Waals surface area contributed by atoms with E-state index in [0.29, 0.717) is 11.4 Å². The lowest BCUT2D eigenvalue weighted by molar-refractivity contribution is -0.114. The highest BCUT2D eigenvalue weighted by atomic mass is 127. The van der Waals surface area contributed by atoms with Crippen molar-refractivity contribution in [2.24, 2.45) is 5.16 Å². The highest BCUT2D eigenvalue weighted by Gasteiger charge is 2.17. The molecule has 1 aromatic heterocycles. The van der Waals surface area contributed by atoms with Gasteiger partial charge in [-0.2, -0.15) is 0 Å². The number of likely N-dealkylation sites (N-methyl/N-ethyl adjacent to an activating group) is 1. The zero-order chi connectivity index (χ0) is 16.7. The molecular weight excluding hydrogens is 409 g/mol. The van der Waals surface area contributed by atoms with Crippen molar-refractivity contribution >= 4 is 34.2 Å². The van der Waals surface area contributed by atoms with Crippen LogP contribution < -0.4 is 10.1 Å². The standard InChI is InChI=1S/C16H16IN3O3/c1-18-15(21)14(20-22-2)12-7-4-3-6-11(12)10-23-16-13(17)8-5-9-19-16/h3-9H,10H2,1-2H3,(H,18,21)/b20-14+. The number of nitrogens with one attached hydrogen (secondary N) is 1. The van der Waals surface area contributed by atoms with Gasteiger partial charge in [0.15, 0.2) is 5.71 Å². The first kappa shape index (κ1) is 17.2. The van der Waals surface area contributed by atoms with E-state index in [2.05, 4.69) is 38.0 Å². The van der Waals surface area contributed by atoms with E-state index >= 15 is 0 Å². The summed E-state index contributed by atoms with van der Waals surface area (Å²) in [5.41, 5.74) is 1.66. The maximum Gasteiger partial charge on any atom is 0.273 e. The van der Waals surface area contributed by atoms with E-state index in [1.807, 2.05) is 30.3 Å². The second kappa shape index (κ2) is 8.47. The minimum absolute atomic E-state index is 0.199. The zero-order valence-electron chi connectivity index (χ0n) is 12.7. The molecule has 1 heterocycles. The van der Waals surface area contributed by atoms with E-state index in [1.54, 1.807) is 19.3 Å². The van der Waals surface area contributed by atoms with Crippen LogP contribution in [-0.4, -0.2) is 30.8 Å². The van der Waals surface area contributed by atoms with Crippen molar-refractivity contribution in [2.75, 3.05) is 14.2 Å². The Kier molecular flexibility index (Phi) is 6.33. The van der Waals surface area contributed by atoms with Crippen LogP contribution in [-0.2, 0) is 16.2 Å². The molecule has 2 rings (SSSR count). The van der Waals surface area contributed by atoms with Gasteiger partial charge in [0.2, 0.25) is 5.88 Å². The smallest absolute Gasteiger partial charge is 0.273 e. The summed E-state index contributed by atoms with van der Waals surface area (Å²) in [5, 5.41) is 6.38. The molecule has 1 amide bonds. The van der Waals surface area contributed by atoms with Crippen molar-refractivity contribution in [1.29, 1.82) is 0 Å². The van der Waals surface area contributed by atoms with Crippen LogP contribution >= 0.6 is 22.6 Å². The number of hydrogen-bond acceptors (Lipinski definition) is 5. The molecule has 23 heavy (non-hydrogen) atoms. The van der Waals surface area contributed by atoms with Crippen LogP contribution in [0.3, 0.4) is 0 Å². The molecule has 0 fully saturated rings. The molecule has 0 saturated carbocycles. The maximum atomic E-state index is 12.0. The third-order valence-corrected chi connectivity index (χ3v) is 3.81. The first-order valence-corrected chi connectivity index (χ1v) is 7.90. The van der Waals surface area contributed by atoms with Gasteiger partial charge in [0.05, 0.1) is 3.57 Å². The number of amides is 1. The molecule has 1 N–H and O–H groups in total. The van der Waals surface area contributed by atoms with Gasteiger partial charge >= 0.3 is 0 Å². The molecule has 1 aromatic carbocycles. The quantitative estimate of drug-likeness (QED) is 0.438. The van der Waals surface area contributed by atoms with E-state index in [4.69, 9.17) is 9.57 Å². The number of aromatic nitrogens is 1. The highest BCUT2D eigenvalue weighted by molar-refractivity contribution is 14.1. The van der Waals surface area contributed by atoms with Gasteiger partial charge in [-0.1, -0.05) is 29.4 Å². The summed E-state index contributed by atoms with van der Waals surface area (Å²) in [6.45, 7) is 0.267. The topological polar surface area (TPSA) is 72.8 Å². The van der Waals surface area contributed by atoms with Crippen molar-refractivity contribution in [3.63, 3.8) is 0 Å². The average molecular weight is 425 g/mol. The van der Waals surface area contributed by atoms with Gasteiger partial charge in [-0.3, -0.25) is 4.79 Å². The number of benzene rings is 1. The Bertz CT molecular complexity index is 719. The van der Waals surface area contributed by atoms with Gasteiger partial charge in [0.25, 0.3) is 5.91 Å². The minimum atomic E-state index is -0.327. The normalized spacial score (nSPS) is 11.0. The van der Waals surface area contributed by atoms with Crippen LogP contribution in [0.4, 0.5) is 0 Å². The molecular formula is C16H16IN3O3. The Morgan fingerprint density at radius 1 is 1.30 bits per heavy atom. The number of nitrogens with zero attached hydrogens (tertiary/aromatic N) is 2. The SMILES string of the molecule is CNC(=O)/C(=N/OC)c1ccccc1COc1ncccc1I. The van der Waals surface area contributed by atoms with E-state index in [1.165, 1.54) is 7.11 Å². The highest BCUT2D eigenvalue weighted by Crippen LogP contribution is 2.19. The van der Waals surface area contributed by atoms with Crippen LogP contribution in [0, 0.1) is 3.57 Å². The number of rotatable bonds is 6. The number of pyridine rings is 1. The van der Waals surface area contributed by atoms with Crippen molar-refractivity contribution < 1.29 is 14.4 Å². The van der Waals surface area contributed by atoms with Crippen molar-refractivity contribution in [2.45, 2.75) is 6.61 Å². The second-order valence-electron chi connectivity index (χ2n) is 4.44. The number of carbonyl (C=O) groups is 1. The summed E-state index contributed by atoms with van der Waals surface area (Å²) in [5.74, 6) is 0.222. The van der Waals surface area contributed by atoms with Crippen LogP contribution in [0.15, 0.2) is 47.8 Å². The Balaban J connectivity index is 2.28. The molecule has 0 aliphatic heterocycles. The lowest BCUT2D eigenvalue weighted by Gasteiger charge is -2.12. The Morgan fingerprint density at radius 2 is 2.09 bits per heavy atom. The molecule has 0 spiro atoms. The van der Waals surface area contributed by atoms with Gasteiger partial charge in [0.1, 0.15) is 13.7 Å². The summed E-state index contributed by atoms with van der Waals surface area (Å²) >= 11 is 2.16. The van der Waals surface area contributed by atoms with Gasteiger partial charge in [-0.05, 0) is 40.3 Å². The molecule has 2 aromatic rings. The number of carbonyl (C=O) groups excluding carboxylic acids is 1. The second-order valence-corrected chi connectivity index (χ2v) is 5.60. The molecule has 0 aliphatic carbocycles. The molecule has 0 unspecified atom stereocenters. The molecule has 0 bridgehead atoms. The van der Waals surface area contributed by atoms with Gasteiger partial charge < -0.3 is 14.9 Å². The van der Waals surface area contributed by atoms with E-state index in [9.17, 15) is 4.79 Å². The third kappa shape index (κ3) is 4.41. The third-order valence-electron chi connectivity index (χ3n) is 2.99. The predicted octanol–water partition coefficient (Wildman–Crippen LogP) is 2.36. The summed E-state index contributed by atoms with van der Waals surface area (Å²) in [6, 6.07) is 11.1. The summed E-state index contributed by atoms with van der Waals surface area (Å²) < 4.78 is 6.68. The maximum absolute atomic E-state index is 12.0. The number of ether oxygens (including phenoxy) is 1. The van der Waals surface area contributed by atoms with Gasteiger partial charge in [0, 0.05) is 18.8 Å². The minimum Gasteiger partial charge on any atom is -0.472 e. The summed E-state index contributed by atoms with van der Waals surface area (Å²) in [7, 11) is 2.95. The molecule has 0 atom stereocenters. The van der Waals surface area contributed by atoms with Crippen LogP contribution in [0.1, 0.15) is 11.1 Å². The Morgan fingerprint density at radius 3 is 2.78 bits per heavy atom. The fourth-order valence-corrected chi connectivity index (χ4v) is 2.43. The average Bonchev–Trinajstić information content (AvgIpc) is 2.59. The number of halogens is 1. The zero-order valence-corrected chi connectivity index (χ0v) is 14.9. The van der Waals surface area contributed by atoms with Crippen molar-refractivity contribution in [3.05, 3.63) is 57.3 Å². The first-order chi connectivity index (χ1) is 11.2. The monoisotopic (exact) mass is 425 g/mol. The number of oxime groups is 1.